The van der Waals surface area contributed by atoms with Crippen LogP contribution in [0.5, 0.6) is 0 Å². The molecular weight excluding hydrogens is 410 g/mol. The molecule has 0 saturated carbocycles. The lowest BCUT2D eigenvalue weighted by Gasteiger charge is -2.36. The fourth-order valence-electron chi connectivity index (χ4n) is 3.52. The number of benzene rings is 1. The SMILES string of the molecule is N=C(N)C1(NCc2ccccc2Cl)C=C(N2CCc3nc[nH]c3C2)C([N+](=O)[O-])=CO1. The third-order valence-electron chi connectivity index (χ3n) is 5.17. The average molecular weight is 430 g/mol. The average Bonchev–Trinajstić information content (AvgIpc) is 3.20. The Morgan fingerprint density at radius 3 is 3.03 bits per heavy atom. The summed E-state index contributed by atoms with van der Waals surface area (Å²) in [5.74, 6) is -0.329. The molecule has 11 heteroatoms. The number of ether oxygens (including phenoxy) is 1. The van der Waals surface area contributed by atoms with Crippen molar-refractivity contribution in [1.82, 2.24) is 20.2 Å². The Morgan fingerprint density at radius 2 is 2.30 bits per heavy atom. The smallest absolute Gasteiger partial charge is 0.326 e. The van der Waals surface area contributed by atoms with E-state index in [9.17, 15) is 10.1 Å². The molecule has 2 aliphatic heterocycles. The monoisotopic (exact) mass is 429 g/mol. The van der Waals surface area contributed by atoms with Crippen molar-refractivity contribution >= 4 is 17.4 Å². The van der Waals surface area contributed by atoms with E-state index >= 15 is 0 Å². The number of imidazole rings is 1. The Balaban J connectivity index is 1.67. The van der Waals surface area contributed by atoms with Crippen LogP contribution >= 0.6 is 11.6 Å². The van der Waals surface area contributed by atoms with Crippen molar-refractivity contribution in [2.24, 2.45) is 5.73 Å². The van der Waals surface area contributed by atoms with Gasteiger partial charge in [0.2, 0.25) is 5.72 Å². The second kappa shape index (κ2) is 7.81. The van der Waals surface area contributed by atoms with E-state index in [0.717, 1.165) is 23.2 Å². The van der Waals surface area contributed by atoms with Gasteiger partial charge in [0.1, 0.15) is 5.70 Å². The van der Waals surface area contributed by atoms with E-state index in [2.05, 4.69) is 15.3 Å². The zero-order valence-corrected chi connectivity index (χ0v) is 16.6. The zero-order valence-electron chi connectivity index (χ0n) is 15.9. The van der Waals surface area contributed by atoms with Gasteiger partial charge in [-0.2, -0.15) is 0 Å². The molecule has 0 bridgehead atoms. The molecule has 30 heavy (non-hydrogen) atoms. The van der Waals surface area contributed by atoms with E-state index < -0.39 is 10.6 Å². The van der Waals surface area contributed by atoms with Gasteiger partial charge in [-0.15, -0.1) is 0 Å². The molecule has 0 spiro atoms. The molecule has 1 aromatic carbocycles. The van der Waals surface area contributed by atoms with Crippen molar-refractivity contribution in [3.63, 3.8) is 0 Å². The van der Waals surface area contributed by atoms with E-state index in [4.69, 9.17) is 27.5 Å². The molecule has 3 heterocycles. The molecule has 10 nitrogen and oxygen atoms in total. The highest BCUT2D eigenvalue weighted by Gasteiger charge is 2.42. The Morgan fingerprint density at radius 1 is 1.50 bits per heavy atom. The minimum absolute atomic E-state index is 0.200. The van der Waals surface area contributed by atoms with E-state index in [1.807, 2.05) is 23.1 Å². The van der Waals surface area contributed by atoms with E-state index in [1.54, 1.807) is 12.4 Å². The van der Waals surface area contributed by atoms with Crippen LogP contribution in [-0.4, -0.2) is 37.9 Å². The molecule has 5 N–H and O–H groups in total. The number of fused-ring (bicyclic) bond motifs is 1. The highest BCUT2D eigenvalue weighted by Crippen LogP contribution is 2.31. The molecule has 0 radical (unpaired) electrons. The quantitative estimate of drug-likeness (QED) is 0.237. The normalized spacial score (nSPS) is 20.6. The summed E-state index contributed by atoms with van der Waals surface area (Å²) in [4.78, 5) is 20.3. The van der Waals surface area contributed by atoms with Crippen LogP contribution in [-0.2, 0) is 24.2 Å². The second-order valence-electron chi connectivity index (χ2n) is 7.00. The van der Waals surface area contributed by atoms with Crippen LogP contribution in [0.3, 0.4) is 0 Å². The number of nitrogens with one attached hydrogen (secondary N) is 3. The molecule has 2 aliphatic rings. The van der Waals surface area contributed by atoms with Crippen molar-refractivity contribution in [3.05, 3.63) is 86.4 Å². The molecule has 0 fully saturated rings. The number of nitrogens with zero attached hydrogens (tertiary/aromatic N) is 3. The van der Waals surface area contributed by atoms with Gasteiger partial charge in [0.05, 0.1) is 29.2 Å². The summed E-state index contributed by atoms with van der Waals surface area (Å²) in [6.45, 7) is 1.20. The lowest BCUT2D eigenvalue weighted by atomic mass is 10.0. The Bertz CT molecular complexity index is 1060. The lowest BCUT2D eigenvalue weighted by Crippen LogP contribution is -2.56. The largest absolute Gasteiger partial charge is 0.462 e. The molecule has 2 aromatic rings. The van der Waals surface area contributed by atoms with Gasteiger partial charge in [-0.1, -0.05) is 29.8 Å². The summed E-state index contributed by atoms with van der Waals surface area (Å²) in [5.41, 5.74) is 7.07. The third-order valence-corrected chi connectivity index (χ3v) is 5.54. The predicted octanol–water partition coefficient (Wildman–Crippen LogP) is 1.88. The minimum atomic E-state index is -1.54. The zero-order chi connectivity index (χ0) is 21.3. The summed E-state index contributed by atoms with van der Waals surface area (Å²) >= 11 is 6.22. The highest BCUT2D eigenvalue weighted by atomic mass is 35.5. The lowest BCUT2D eigenvalue weighted by molar-refractivity contribution is -0.425. The number of nitro groups is 1. The van der Waals surface area contributed by atoms with Crippen LogP contribution < -0.4 is 11.1 Å². The summed E-state index contributed by atoms with van der Waals surface area (Å²) in [5, 5.41) is 23.4. The molecule has 1 unspecified atom stereocenters. The van der Waals surface area contributed by atoms with Gasteiger partial charge in [0.15, 0.2) is 12.1 Å². The topological polar surface area (TPSA) is 146 Å². The Hall–Kier alpha value is -3.37. The summed E-state index contributed by atoms with van der Waals surface area (Å²) in [6, 6.07) is 7.24. The number of aromatic amines is 1. The Kier molecular flexibility index (Phi) is 5.18. The Labute approximate surface area is 177 Å². The molecule has 0 amide bonds. The van der Waals surface area contributed by atoms with Crippen LogP contribution in [0, 0.1) is 15.5 Å². The molecule has 4 rings (SSSR count). The number of rotatable bonds is 6. The summed E-state index contributed by atoms with van der Waals surface area (Å²) < 4.78 is 5.61. The first-order valence-electron chi connectivity index (χ1n) is 9.24. The van der Waals surface area contributed by atoms with Crippen LogP contribution in [0.2, 0.25) is 5.02 Å². The van der Waals surface area contributed by atoms with E-state index in [-0.39, 0.29) is 18.1 Å². The van der Waals surface area contributed by atoms with Gasteiger partial charge in [-0.05, 0) is 11.6 Å². The maximum absolute atomic E-state index is 11.7. The highest BCUT2D eigenvalue weighted by molar-refractivity contribution is 6.31. The molecular formula is C19H20ClN7O3. The standard InChI is InChI=1S/C19H20ClN7O3/c20-13-4-2-1-3-12(13)8-25-19(18(21)22)7-16(17(10-30-19)27(28)29)26-6-5-14-15(9-26)24-11-23-14/h1-4,7,10-11,25H,5-6,8-9H2,(H3,21,22)(H,23,24). The number of amidine groups is 1. The number of hydrogen-bond acceptors (Lipinski definition) is 7. The van der Waals surface area contributed by atoms with E-state index in [0.29, 0.717) is 30.2 Å². The molecule has 1 aromatic heterocycles. The number of hydrogen-bond donors (Lipinski definition) is 4. The van der Waals surface area contributed by atoms with Crippen molar-refractivity contribution < 1.29 is 9.66 Å². The summed E-state index contributed by atoms with van der Waals surface area (Å²) in [6.07, 6.45) is 4.79. The van der Waals surface area contributed by atoms with E-state index in [1.165, 1.54) is 6.08 Å². The first kappa shape index (κ1) is 19.9. The molecule has 1 atom stereocenters. The minimum Gasteiger partial charge on any atom is -0.462 e. The third kappa shape index (κ3) is 3.62. The van der Waals surface area contributed by atoms with Crippen molar-refractivity contribution in [3.8, 4) is 0 Å². The second-order valence-corrected chi connectivity index (χ2v) is 7.41. The maximum atomic E-state index is 11.7. The van der Waals surface area contributed by atoms with Crippen LogP contribution in [0.25, 0.3) is 0 Å². The van der Waals surface area contributed by atoms with Crippen LogP contribution in [0.15, 0.2) is 54.3 Å². The fraction of sp³-hybridized carbons (Fsp3) is 0.263. The van der Waals surface area contributed by atoms with Gasteiger partial charge in [-0.3, -0.25) is 20.8 Å². The van der Waals surface area contributed by atoms with Gasteiger partial charge in [0.25, 0.3) is 0 Å². The fourth-order valence-corrected chi connectivity index (χ4v) is 3.72. The van der Waals surface area contributed by atoms with Crippen LogP contribution in [0.4, 0.5) is 0 Å². The predicted molar refractivity (Wildman–Crippen MR) is 110 cm³/mol. The number of aromatic nitrogens is 2. The number of H-pyrrole nitrogens is 1. The van der Waals surface area contributed by atoms with Crippen molar-refractivity contribution in [1.29, 1.82) is 5.41 Å². The van der Waals surface area contributed by atoms with Gasteiger partial charge < -0.3 is 20.4 Å². The maximum Gasteiger partial charge on any atom is 0.326 e. The number of halogens is 1. The molecule has 0 aliphatic carbocycles. The van der Waals surface area contributed by atoms with Crippen molar-refractivity contribution in [2.45, 2.75) is 25.2 Å². The van der Waals surface area contributed by atoms with Crippen LogP contribution in [0.1, 0.15) is 17.0 Å². The molecule has 156 valence electrons. The first-order chi connectivity index (χ1) is 14.4. The van der Waals surface area contributed by atoms with Gasteiger partial charge in [-0.25, -0.2) is 4.98 Å². The van der Waals surface area contributed by atoms with Crippen molar-refractivity contribution in [2.75, 3.05) is 6.54 Å². The van der Waals surface area contributed by atoms with Gasteiger partial charge in [0, 0.05) is 30.6 Å². The first-order valence-corrected chi connectivity index (χ1v) is 9.62. The van der Waals surface area contributed by atoms with Gasteiger partial charge >= 0.3 is 5.70 Å². The molecule has 0 saturated heterocycles. The summed E-state index contributed by atoms with van der Waals surface area (Å²) in [7, 11) is 0. The number of nitrogens with two attached hydrogens (primary N) is 1.